The Morgan fingerprint density at radius 2 is 1.96 bits per heavy atom. The first-order chi connectivity index (χ1) is 12.8. The Hall–Kier alpha value is -2.28. The molecular formula is C20H28N2O5. The Kier molecular flexibility index (Phi) is 5.89. The normalized spacial score (nSPS) is 24.4. The molecule has 2 amide bonds. The molecule has 2 fully saturated rings. The molecule has 0 aromatic heterocycles. The van der Waals surface area contributed by atoms with Crippen molar-refractivity contribution in [3.05, 3.63) is 35.9 Å². The van der Waals surface area contributed by atoms with E-state index in [2.05, 4.69) is 5.32 Å². The molecule has 148 valence electrons. The van der Waals surface area contributed by atoms with Gasteiger partial charge in [-0.1, -0.05) is 30.3 Å². The Morgan fingerprint density at radius 1 is 1.22 bits per heavy atom. The number of alkyl carbamates (subject to hydrolysis) is 1. The predicted molar refractivity (Wildman–Crippen MR) is 99.2 cm³/mol. The molecule has 0 saturated carbocycles. The molecule has 0 radical (unpaired) electrons. The average molecular weight is 376 g/mol. The van der Waals surface area contributed by atoms with Gasteiger partial charge in [0.1, 0.15) is 12.2 Å². The summed E-state index contributed by atoms with van der Waals surface area (Å²) in [4.78, 5) is 25.7. The second kappa shape index (κ2) is 8.17. The largest absolute Gasteiger partial charge is 0.445 e. The van der Waals surface area contributed by atoms with Gasteiger partial charge in [0.2, 0.25) is 0 Å². The van der Waals surface area contributed by atoms with Crippen molar-refractivity contribution >= 4 is 12.2 Å². The lowest BCUT2D eigenvalue weighted by Gasteiger charge is -2.25. The number of nitrogens with zero attached hydrogens (tertiary/aromatic N) is 1. The van der Waals surface area contributed by atoms with Crippen LogP contribution in [0.15, 0.2) is 30.3 Å². The van der Waals surface area contributed by atoms with Crippen molar-refractivity contribution in [2.45, 2.75) is 51.6 Å². The monoisotopic (exact) mass is 376 g/mol. The number of amides is 2. The lowest BCUT2D eigenvalue weighted by atomic mass is 10.0. The molecule has 2 aliphatic rings. The first kappa shape index (κ1) is 19.5. The van der Waals surface area contributed by atoms with E-state index in [0.29, 0.717) is 19.6 Å². The van der Waals surface area contributed by atoms with E-state index in [1.807, 2.05) is 51.1 Å². The number of benzene rings is 1. The summed E-state index contributed by atoms with van der Waals surface area (Å²) >= 11 is 0. The van der Waals surface area contributed by atoms with Gasteiger partial charge < -0.3 is 24.4 Å². The third kappa shape index (κ3) is 5.60. The predicted octanol–water partition coefficient (Wildman–Crippen LogP) is 2.94. The van der Waals surface area contributed by atoms with E-state index < -0.39 is 11.7 Å². The van der Waals surface area contributed by atoms with Crippen molar-refractivity contribution in [1.29, 1.82) is 0 Å². The maximum atomic E-state index is 12.2. The zero-order valence-corrected chi connectivity index (χ0v) is 16.1. The summed E-state index contributed by atoms with van der Waals surface area (Å²) in [7, 11) is 0. The van der Waals surface area contributed by atoms with Crippen molar-refractivity contribution in [2.24, 2.45) is 5.92 Å². The number of likely N-dealkylation sites (tertiary alicyclic amines) is 1. The fourth-order valence-electron chi connectivity index (χ4n) is 3.44. The molecule has 0 aliphatic carbocycles. The maximum absolute atomic E-state index is 12.2. The maximum Gasteiger partial charge on any atom is 0.410 e. The summed E-state index contributed by atoms with van der Waals surface area (Å²) in [5.74, 6) is 0.282. The third-order valence-corrected chi connectivity index (χ3v) is 4.65. The van der Waals surface area contributed by atoms with E-state index in [1.54, 1.807) is 4.90 Å². The Bertz CT molecular complexity index is 644. The molecule has 3 atom stereocenters. The molecule has 27 heavy (non-hydrogen) atoms. The number of nitrogens with one attached hydrogen (secondary N) is 1. The number of ether oxygens (including phenoxy) is 3. The fourth-order valence-corrected chi connectivity index (χ4v) is 3.44. The van der Waals surface area contributed by atoms with Crippen molar-refractivity contribution < 1.29 is 23.8 Å². The number of rotatable bonds is 4. The standard InChI is InChI=1S/C20H28N2O5/c1-20(2,3)27-19(24)22-11-15-9-16(26-17(15)12-22)10-21-18(23)25-13-14-7-5-4-6-8-14/h4-8,15-17H,9-13H2,1-3H3,(H,21,23)/t15-,16+,17-/m0/s1. The van der Waals surface area contributed by atoms with E-state index in [-0.39, 0.29) is 30.8 Å². The van der Waals surface area contributed by atoms with Gasteiger partial charge in [-0.2, -0.15) is 0 Å². The molecule has 2 saturated heterocycles. The molecular weight excluding hydrogens is 348 g/mol. The van der Waals surface area contributed by atoms with Gasteiger partial charge in [-0.15, -0.1) is 0 Å². The highest BCUT2D eigenvalue weighted by Crippen LogP contribution is 2.33. The average Bonchev–Trinajstić information content (AvgIpc) is 3.16. The molecule has 1 N–H and O–H groups in total. The molecule has 0 unspecified atom stereocenters. The van der Waals surface area contributed by atoms with Crippen LogP contribution < -0.4 is 5.32 Å². The molecule has 7 nitrogen and oxygen atoms in total. The number of carbonyl (C=O) groups excluding carboxylic acids is 2. The van der Waals surface area contributed by atoms with Gasteiger partial charge in [-0.3, -0.25) is 0 Å². The second-order valence-corrected chi connectivity index (χ2v) is 8.12. The summed E-state index contributed by atoms with van der Waals surface area (Å²) < 4.78 is 16.6. The Labute approximate surface area is 160 Å². The van der Waals surface area contributed by atoms with Crippen LogP contribution in [-0.4, -0.2) is 54.5 Å². The van der Waals surface area contributed by atoms with Crippen molar-refractivity contribution in [1.82, 2.24) is 10.2 Å². The summed E-state index contributed by atoms with van der Waals surface area (Å²) in [5.41, 5.74) is 0.448. The SMILES string of the molecule is CC(C)(C)OC(=O)N1C[C@@H]2C[C@H](CNC(=O)OCc3ccccc3)O[C@H]2C1. The van der Waals surface area contributed by atoms with Gasteiger partial charge in [0.15, 0.2) is 0 Å². The van der Waals surface area contributed by atoms with E-state index >= 15 is 0 Å². The zero-order valence-electron chi connectivity index (χ0n) is 16.1. The molecule has 0 bridgehead atoms. The summed E-state index contributed by atoms with van der Waals surface area (Å²) in [6.07, 6.45) is 0.0208. The van der Waals surface area contributed by atoms with E-state index in [9.17, 15) is 9.59 Å². The smallest absolute Gasteiger partial charge is 0.410 e. The van der Waals surface area contributed by atoms with Crippen molar-refractivity contribution in [2.75, 3.05) is 19.6 Å². The molecule has 7 heteroatoms. The van der Waals surface area contributed by atoms with Crippen LogP contribution in [0.4, 0.5) is 9.59 Å². The van der Waals surface area contributed by atoms with Crippen LogP contribution in [0, 0.1) is 5.92 Å². The van der Waals surface area contributed by atoms with Crippen LogP contribution >= 0.6 is 0 Å². The number of carbonyl (C=O) groups is 2. The van der Waals surface area contributed by atoms with Crippen LogP contribution in [0.3, 0.4) is 0 Å². The zero-order chi connectivity index (χ0) is 19.4. The van der Waals surface area contributed by atoms with E-state index in [0.717, 1.165) is 12.0 Å². The van der Waals surface area contributed by atoms with Gasteiger partial charge in [-0.05, 0) is 32.8 Å². The van der Waals surface area contributed by atoms with E-state index in [4.69, 9.17) is 14.2 Å². The number of hydrogen-bond donors (Lipinski definition) is 1. The van der Waals surface area contributed by atoms with Crippen molar-refractivity contribution in [3.63, 3.8) is 0 Å². The number of hydrogen-bond acceptors (Lipinski definition) is 5. The Balaban J connectivity index is 1.36. The molecule has 2 aliphatic heterocycles. The fraction of sp³-hybridized carbons (Fsp3) is 0.600. The quantitative estimate of drug-likeness (QED) is 0.874. The van der Waals surface area contributed by atoms with Crippen LogP contribution in [0.25, 0.3) is 0 Å². The topological polar surface area (TPSA) is 77.1 Å². The Morgan fingerprint density at radius 3 is 2.63 bits per heavy atom. The van der Waals surface area contributed by atoms with Gasteiger partial charge in [-0.25, -0.2) is 9.59 Å². The first-order valence-electron chi connectivity index (χ1n) is 9.38. The highest BCUT2D eigenvalue weighted by atomic mass is 16.6. The molecule has 1 aromatic carbocycles. The number of fused-ring (bicyclic) bond motifs is 1. The second-order valence-electron chi connectivity index (χ2n) is 8.12. The summed E-state index contributed by atoms with van der Waals surface area (Å²) in [6, 6.07) is 9.54. The lowest BCUT2D eigenvalue weighted by molar-refractivity contribution is 0.0135. The van der Waals surface area contributed by atoms with Crippen LogP contribution in [0.5, 0.6) is 0 Å². The highest BCUT2D eigenvalue weighted by Gasteiger charge is 2.44. The van der Waals surface area contributed by atoms with Gasteiger partial charge >= 0.3 is 12.2 Å². The highest BCUT2D eigenvalue weighted by molar-refractivity contribution is 5.68. The molecule has 2 heterocycles. The van der Waals surface area contributed by atoms with Gasteiger partial charge in [0, 0.05) is 19.0 Å². The summed E-state index contributed by atoms with van der Waals surface area (Å²) in [5, 5.41) is 2.76. The minimum Gasteiger partial charge on any atom is -0.445 e. The van der Waals surface area contributed by atoms with Crippen LogP contribution in [-0.2, 0) is 20.8 Å². The minimum atomic E-state index is -0.498. The van der Waals surface area contributed by atoms with Crippen LogP contribution in [0.1, 0.15) is 32.8 Å². The van der Waals surface area contributed by atoms with Gasteiger partial charge in [0.05, 0.1) is 18.8 Å². The minimum absolute atomic E-state index is 0.00431. The van der Waals surface area contributed by atoms with Gasteiger partial charge in [0.25, 0.3) is 0 Å². The summed E-state index contributed by atoms with van der Waals surface area (Å²) in [6.45, 7) is 7.40. The first-order valence-corrected chi connectivity index (χ1v) is 9.38. The van der Waals surface area contributed by atoms with E-state index in [1.165, 1.54) is 0 Å². The third-order valence-electron chi connectivity index (χ3n) is 4.65. The molecule has 1 aromatic rings. The lowest BCUT2D eigenvalue weighted by Crippen LogP contribution is -2.38. The van der Waals surface area contributed by atoms with Crippen molar-refractivity contribution in [3.8, 4) is 0 Å². The molecule has 3 rings (SSSR count). The van der Waals surface area contributed by atoms with Crippen LogP contribution in [0.2, 0.25) is 0 Å². The molecule has 0 spiro atoms.